The van der Waals surface area contributed by atoms with Crippen molar-refractivity contribution in [3.05, 3.63) is 31.0 Å². The number of nitrogens with zero attached hydrogens (tertiary/aromatic N) is 4. The van der Waals surface area contributed by atoms with Crippen LogP contribution in [0.4, 0.5) is 10.6 Å². The first-order valence-electron chi connectivity index (χ1n) is 8.75. The van der Waals surface area contributed by atoms with Gasteiger partial charge in [-0.15, -0.1) is 0 Å². The maximum atomic E-state index is 11.8. The number of urea groups is 1. The van der Waals surface area contributed by atoms with Gasteiger partial charge >= 0.3 is 6.03 Å². The van der Waals surface area contributed by atoms with Gasteiger partial charge in [-0.25, -0.2) is 9.78 Å². The predicted molar refractivity (Wildman–Crippen MR) is 96.4 cm³/mol. The molecule has 0 saturated heterocycles. The Labute approximate surface area is 148 Å². The summed E-state index contributed by atoms with van der Waals surface area (Å²) in [5.74, 6) is 1.09. The quantitative estimate of drug-likeness (QED) is 0.610. The minimum absolute atomic E-state index is 0.243. The molecule has 2 rings (SSSR count). The van der Waals surface area contributed by atoms with E-state index in [1.807, 2.05) is 21.6 Å². The standard InChI is InChI=1S/C17H28N6O2/c1-15(2)13-25-12-3-6-19-17(24)20-16-5-10-23(21-16)9-4-8-22-11-7-18-14-22/h5,7,10-11,14-15H,3-4,6,8-9,12-13H2,1-2H3,(H2,19,20,21,24). The van der Waals surface area contributed by atoms with E-state index in [0.29, 0.717) is 24.9 Å². The van der Waals surface area contributed by atoms with E-state index >= 15 is 0 Å². The molecule has 0 aliphatic heterocycles. The first-order valence-corrected chi connectivity index (χ1v) is 8.75. The number of rotatable bonds is 11. The fourth-order valence-electron chi connectivity index (χ4n) is 2.24. The number of anilines is 1. The van der Waals surface area contributed by atoms with Crippen LogP contribution in [0, 0.1) is 5.92 Å². The van der Waals surface area contributed by atoms with Crippen molar-refractivity contribution in [1.82, 2.24) is 24.6 Å². The maximum absolute atomic E-state index is 11.8. The lowest BCUT2D eigenvalue weighted by molar-refractivity contribution is 0.108. The Bertz CT molecular complexity index is 608. The molecule has 8 nitrogen and oxygen atoms in total. The van der Waals surface area contributed by atoms with Gasteiger partial charge < -0.3 is 14.6 Å². The highest BCUT2D eigenvalue weighted by Gasteiger charge is 2.04. The van der Waals surface area contributed by atoms with Crippen molar-refractivity contribution in [3.63, 3.8) is 0 Å². The third-order valence-electron chi connectivity index (χ3n) is 3.45. The molecule has 2 N–H and O–H groups in total. The number of nitrogens with one attached hydrogen (secondary N) is 2. The van der Waals surface area contributed by atoms with Crippen molar-refractivity contribution in [2.24, 2.45) is 5.92 Å². The van der Waals surface area contributed by atoms with Gasteiger partial charge in [-0.2, -0.15) is 5.10 Å². The lowest BCUT2D eigenvalue weighted by Gasteiger charge is -2.08. The average molecular weight is 348 g/mol. The molecule has 8 heteroatoms. The zero-order chi connectivity index (χ0) is 17.9. The summed E-state index contributed by atoms with van der Waals surface area (Å²) in [4.78, 5) is 15.8. The fourth-order valence-corrected chi connectivity index (χ4v) is 2.24. The Morgan fingerprint density at radius 1 is 1.28 bits per heavy atom. The number of ether oxygens (including phenoxy) is 1. The molecule has 0 fully saturated rings. The van der Waals surface area contributed by atoms with Crippen LogP contribution in [-0.4, -0.2) is 45.1 Å². The molecule has 0 atom stereocenters. The molecule has 25 heavy (non-hydrogen) atoms. The van der Waals surface area contributed by atoms with Gasteiger partial charge in [0.25, 0.3) is 0 Å². The molecule has 0 saturated carbocycles. The van der Waals surface area contributed by atoms with Crippen LogP contribution >= 0.6 is 0 Å². The maximum Gasteiger partial charge on any atom is 0.320 e. The Kier molecular flexibility index (Phi) is 7.97. The highest BCUT2D eigenvalue weighted by molar-refractivity contribution is 5.88. The van der Waals surface area contributed by atoms with Gasteiger partial charge in [-0.05, 0) is 18.8 Å². The normalized spacial score (nSPS) is 11.0. The molecular weight excluding hydrogens is 320 g/mol. The summed E-state index contributed by atoms with van der Waals surface area (Å²) < 4.78 is 9.32. The minimum atomic E-state index is -0.243. The minimum Gasteiger partial charge on any atom is -0.381 e. The molecule has 0 radical (unpaired) electrons. The highest BCUT2D eigenvalue weighted by atomic mass is 16.5. The number of aromatic nitrogens is 4. The molecule has 0 aromatic carbocycles. The lowest BCUT2D eigenvalue weighted by Crippen LogP contribution is -2.30. The Balaban J connectivity index is 1.57. The second-order valence-electron chi connectivity index (χ2n) is 6.32. The van der Waals surface area contributed by atoms with E-state index in [9.17, 15) is 4.79 Å². The summed E-state index contributed by atoms with van der Waals surface area (Å²) >= 11 is 0. The van der Waals surface area contributed by atoms with E-state index in [2.05, 4.69) is 34.6 Å². The van der Waals surface area contributed by atoms with Crippen molar-refractivity contribution in [1.29, 1.82) is 0 Å². The van der Waals surface area contributed by atoms with Gasteiger partial charge in [0.05, 0.1) is 6.33 Å². The second kappa shape index (κ2) is 10.5. The van der Waals surface area contributed by atoms with E-state index in [0.717, 1.165) is 32.5 Å². The van der Waals surface area contributed by atoms with E-state index < -0.39 is 0 Å². The Morgan fingerprint density at radius 2 is 2.16 bits per heavy atom. The van der Waals surface area contributed by atoms with Gasteiger partial charge in [0, 0.05) is 57.5 Å². The lowest BCUT2D eigenvalue weighted by atomic mass is 10.2. The summed E-state index contributed by atoms with van der Waals surface area (Å²) in [5.41, 5.74) is 0. The van der Waals surface area contributed by atoms with Crippen molar-refractivity contribution < 1.29 is 9.53 Å². The van der Waals surface area contributed by atoms with Crippen LogP contribution in [-0.2, 0) is 17.8 Å². The first kappa shape index (κ1) is 19.0. The van der Waals surface area contributed by atoms with Crippen LogP contribution in [0.5, 0.6) is 0 Å². The predicted octanol–water partition coefficient (Wildman–Crippen LogP) is 2.35. The Hall–Kier alpha value is -2.35. The van der Waals surface area contributed by atoms with E-state index in [-0.39, 0.29) is 6.03 Å². The zero-order valence-corrected chi connectivity index (χ0v) is 15.0. The molecule has 0 bridgehead atoms. The summed E-state index contributed by atoms with van der Waals surface area (Å²) in [7, 11) is 0. The molecule has 2 aromatic rings. The smallest absolute Gasteiger partial charge is 0.320 e. The molecule has 2 aromatic heterocycles. The van der Waals surface area contributed by atoms with Crippen LogP contribution in [0.15, 0.2) is 31.0 Å². The number of hydrogen-bond donors (Lipinski definition) is 2. The van der Waals surface area contributed by atoms with Crippen molar-refractivity contribution in [2.45, 2.75) is 39.8 Å². The summed E-state index contributed by atoms with van der Waals surface area (Å²) in [6.45, 7) is 7.89. The van der Waals surface area contributed by atoms with Gasteiger partial charge in [-0.1, -0.05) is 13.8 Å². The molecule has 0 unspecified atom stereocenters. The molecule has 0 aliphatic rings. The van der Waals surface area contributed by atoms with Gasteiger partial charge in [0.2, 0.25) is 0 Å². The topological polar surface area (TPSA) is 86.0 Å². The molecule has 2 amide bonds. The van der Waals surface area contributed by atoms with E-state index in [4.69, 9.17) is 4.74 Å². The van der Waals surface area contributed by atoms with Crippen LogP contribution in [0.2, 0.25) is 0 Å². The number of amides is 2. The van der Waals surface area contributed by atoms with Crippen LogP contribution in [0.1, 0.15) is 26.7 Å². The van der Waals surface area contributed by atoms with Crippen molar-refractivity contribution in [3.8, 4) is 0 Å². The SMILES string of the molecule is CC(C)COCCCNC(=O)Nc1ccn(CCCn2ccnc2)n1. The summed E-state index contributed by atoms with van der Waals surface area (Å²) in [6, 6.07) is 1.55. The molecular formula is C17H28N6O2. The van der Waals surface area contributed by atoms with Crippen LogP contribution in [0.3, 0.4) is 0 Å². The van der Waals surface area contributed by atoms with Crippen LogP contribution < -0.4 is 10.6 Å². The average Bonchev–Trinajstić information content (AvgIpc) is 3.23. The van der Waals surface area contributed by atoms with Crippen molar-refractivity contribution in [2.75, 3.05) is 25.1 Å². The fraction of sp³-hybridized carbons (Fsp3) is 0.588. The van der Waals surface area contributed by atoms with E-state index in [1.165, 1.54) is 0 Å². The Morgan fingerprint density at radius 3 is 2.92 bits per heavy atom. The first-order chi connectivity index (χ1) is 12.1. The zero-order valence-electron chi connectivity index (χ0n) is 15.0. The third-order valence-corrected chi connectivity index (χ3v) is 3.45. The van der Waals surface area contributed by atoms with Gasteiger partial charge in [0.1, 0.15) is 0 Å². The van der Waals surface area contributed by atoms with Gasteiger partial charge in [-0.3, -0.25) is 10.00 Å². The molecule has 138 valence electrons. The monoisotopic (exact) mass is 348 g/mol. The van der Waals surface area contributed by atoms with E-state index in [1.54, 1.807) is 18.6 Å². The molecule has 2 heterocycles. The largest absolute Gasteiger partial charge is 0.381 e. The second-order valence-corrected chi connectivity index (χ2v) is 6.32. The highest BCUT2D eigenvalue weighted by Crippen LogP contribution is 2.03. The van der Waals surface area contributed by atoms with Gasteiger partial charge in [0.15, 0.2) is 5.82 Å². The molecule has 0 spiro atoms. The summed E-state index contributed by atoms with van der Waals surface area (Å²) in [6.07, 6.45) is 9.11. The number of aryl methyl sites for hydroxylation is 2. The number of carbonyl (C=O) groups is 1. The molecule has 0 aliphatic carbocycles. The number of carbonyl (C=O) groups excluding carboxylic acids is 1. The third kappa shape index (κ3) is 7.84. The number of hydrogen-bond acceptors (Lipinski definition) is 4. The van der Waals surface area contributed by atoms with Crippen molar-refractivity contribution >= 4 is 11.8 Å². The summed E-state index contributed by atoms with van der Waals surface area (Å²) in [5, 5.41) is 9.88. The van der Waals surface area contributed by atoms with Crippen LogP contribution in [0.25, 0.3) is 0 Å². The number of imidazole rings is 1.